The topological polar surface area (TPSA) is 156 Å². The Labute approximate surface area is 148 Å². The van der Waals surface area contributed by atoms with Crippen molar-refractivity contribution in [2.24, 2.45) is 11.7 Å². The van der Waals surface area contributed by atoms with Gasteiger partial charge in [-0.05, 0) is 12.7 Å². The number of rotatable bonds is 9. The van der Waals surface area contributed by atoms with Gasteiger partial charge in [0, 0.05) is 38.6 Å². The van der Waals surface area contributed by atoms with Crippen molar-refractivity contribution in [3.05, 3.63) is 0 Å². The Kier molecular flexibility index (Phi) is 6.47. The summed E-state index contributed by atoms with van der Waals surface area (Å²) in [5.41, 5.74) is 4.38. The molecule has 2 saturated heterocycles. The number of nitrogens with two attached hydrogens (primary N) is 1. The van der Waals surface area contributed by atoms with Gasteiger partial charge in [-0.2, -0.15) is 17.0 Å². The average molecular weight is 378 g/mol. The summed E-state index contributed by atoms with van der Waals surface area (Å²) in [7, 11) is -5.28. The van der Waals surface area contributed by atoms with Crippen LogP contribution in [0.25, 0.3) is 0 Å². The Morgan fingerprint density at radius 3 is 2.52 bits per heavy atom. The Bertz CT molecular complexity index is 587. The van der Waals surface area contributed by atoms with E-state index in [1.165, 1.54) is 4.31 Å². The Balaban J connectivity index is 2.15. The number of hydrogen-bond donors (Lipinski definition) is 5. The van der Waals surface area contributed by atoms with Gasteiger partial charge in [-0.25, -0.2) is 0 Å². The van der Waals surface area contributed by atoms with Crippen molar-refractivity contribution >= 4 is 23.3 Å². The van der Waals surface area contributed by atoms with Gasteiger partial charge in [-0.1, -0.05) is 13.3 Å². The van der Waals surface area contributed by atoms with Gasteiger partial charge in [0.15, 0.2) is 0 Å². The largest absolute Gasteiger partial charge is 0.480 e. The zero-order valence-electron chi connectivity index (χ0n) is 14.3. The van der Waals surface area contributed by atoms with Gasteiger partial charge in [0.1, 0.15) is 5.54 Å². The van der Waals surface area contributed by atoms with Gasteiger partial charge >= 0.3 is 13.1 Å². The second-order valence-electron chi connectivity index (χ2n) is 6.77. The normalized spacial score (nSPS) is 28.3. The number of carboxylic acids is 1. The highest BCUT2D eigenvalue weighted by molar-refractivity contribution is 7.86. The molecule has 2 rings (SSSR count). The molecule has 2 aliphatic heterocycles. The van der Waals surface area contributed by atoms with Gasteiger partial charge < -0.3 is 26.2 Å². The summed E-state index contributed by atoms with van der Waals surface area (Å²) in [6.45, 7) is 2.93. The van der Waals surface area contributed by atoms with E-state index in [9.17, 15) is 18.3 Å². The molecule has 0 saturated carbocycles. The first-order chi connectivity index (χ1) is 11.6. The summed E-state index contributed by atoms with van der Waals surface area (Å²) < 4.78 is 28.4. The van der Waals surface area contributed by atoms with Crippen molar-refractivity contribution in [1.29, 1.82) is 0 Å². The van der Waals surface area contributed by atoms with Crippen molar-refractivity contribution in [2.45, 2.75) is 37.7 Å². The number of nitrogens with one attached hydrogen (secondary N) is 1. The molecule has 10 nitrogen and oxygen atoms in total. The number of carbonyl (C=O) groups is 1. The number of hydrogen-bond acceptors (Lipinski definition) is 7. The number of aliphatic carboxylic acids is 1. The first-order valence-electron chi connectivity index (χ1n) is 8.49. The van der Waals surface area contributed by atoms with Crippen LogP contribution >= 0.6 is 0 Å². The molecule has 0 unspecified atom stereocenters. The highest BCUT2D eigenvalue weighted by Crippen LogP contribution is 2.33. The quantitative estimate of drug-likeness (QED) is 0.276. The predicted molar refractivity (Wildman–Crippen MR) is 91.8 cm³/mol. The molecule has 2 aliphatic rings. The monoisotopic (exact) mass is 378 g/mol. The molecule has 6 N–H and O–H groups in total. The lowest BCUT2D eigenvalue weighted by Gasteiger charge is -2.38. The molecule has 0 bridgehead atoms. The van der Waals surface area contributed by atoms with Crippen molar-refractivity contribution in [1.82, 2.24) is 13.9 Å². The van der Waals surface area contributed by atoms with Crippen LogP contribution in [0.3, 0.4) is 0 Å². The summed E-state index contributed by atoms with van der Waals surface area (Å²) in [4.78, 5) is 11.7. The van der Waals surface area contributed by atoms with Crippen LogP contribution < -0.4 is 11.1 Å². The molecule has 0 radical (unpaired) electrons. The van der Waals surface area contributed by atoms with E-state index >= 15 is 0 Å². The lowest BCUT2D eigenvalue weighted by Crippen LogP contribution is -2.61. The maximum Gasteiger partial charge on any atom is 0.451 e. The van der Waals surface area contributed by atoms with Gasteiger partial charge in [-0.3, -0.25) is 4.79 Å². The second-order valence-corrected chi connectivity index (χ2v) is 8.65. The molecular weight excluding hydrogens is 351 g/mol. The van der Waals surface area contributed by atoms with E-state index in [1.54, 1.807) is 6.92 Å². The second kappa shape index (κ2) is 7.86. The predicted octanol–water partition coefficient (Wildman–Crippen LogP) is -2.51. The first kappa shape index (κ1) is 20.6. The minimum absolute atomic E-state index is 0.0172. The van der Waals surface area contributed by atoms with Crippen LogP contribution in [-0.4, -0.2) is 89.6 Å². The SMILES string of the molecule is CCN(C1CNC1)S(=O)(=O)N1C[C@@H](CCCB(O)O)[C@@](N)(C(=O)O)C1. The van der Waals surface area contributed by atoms with Crippen LogP contribution in [0.2, 0.25) is 6.32 Å². The highest BCUT2D eigenvalue weighted by Gasteiger charge is 2.53. The standard InChI is InChI=1S/C13H27BN4O6S/c1-2-18(11-6-16-7-11)25(23,24)17-8-10(4-3-5-14(21)22)13(15,9-17)12(19)20/h10-11,16,21-22H,2-9,15H2,1H3,(H,19,20)/t10-,13-/m1/s1. The average Bonchev–Trinajstić information content (AvgIpc) is 2.81. The molecule has 25 heavy (non-hydrogen) atoms. The third-order valence-electron chi connectivity index (χ3n) is 5.11. The third kappa shape index (κ3) is 4.16. The van der Waals surface area contributed by atoms with Gasteiger partial charge in [0.25, 0.3) is 10.2 Å². The van der Waals surface area contributed by atoms with E-state index in [0.717, 1.165) is 4.31 Å². The third-order valence-corrected chi connectivity index (χ3v) is 7.18. The highest BCUT2D eigenvalue weighted by atomic mass is 32.2. The van der Waals surface area contributed by atoms with Crippen molar-refractivity contribution in [3.63, 3.8) is 0 Å². The Hall–Kier alpha value is -0.755. The first-order valence-corrected chi connectivity index (χ1v) is 9.88. The summed E-state index contributed by atoms with van der Waals surface area (Å²) in [5, 5.41) is 30.4. The van der Waals surface area contributed by atoms with Gasteiger partial charge in [-0.15, -0.1) is 0 Å². The summed E-state index contributed by atoms with van der Waals surface area (Å²) >= 11 is 0. The molecule has 2 heterocycles. The van der Waals surface area contributed by atoms with Gasteiger partial charge in [0.05, 0.1) is 6.04 Å². The van der Waals surface area contributed by atoms with Crippen molar-refractivity contribution < 1.29 is 28.4 Å². The Morgan fingerprint density at radius 2 is 2.08 bits per heavy atom. The molecule has 0 aliphatic carbocycles. The van der Waals surface area contributed by atoms with E-state index in [-0.39, 0.29) is 25.5 Å². The fraction of sp³-hybridized carbons (Fsp3) is 0.923. The van der Waals surface area contributed by atoms with E-state index in [2.05, 4.69) is 5.32 Å². The van der Waals surface area contributed by atoms with E-state index < -0.39 is 34.8 Å². The molecule has 0 aromatic heterocycles. The lowest BCUT2D eigenvalue weighted by atomic mass is 9.78. The molecule has 2 fully saturated rings. The minimum atomic E-state index is -3.81. The molecule has 0 aromatic carbocycles. The van der Waals surface area contributed by atoms with Crippen LogP contribution in [-0.2, 0) is 15.0 Å². The molecule has 0 aromatic rings. The van der Waals surface area contributed by atoms with E-state index in [0.29, 0.717) is 32.5 Å². The van der Waals surface area contributed by atoms with E-state index in [4.69, 9.17) is 15.8 Å². The fourth-order valence-corrected chi connectivity index (χ4v) is 5.34. The van der Waals surface area contributed by atoms with Crippen LogP contribution in [0, 0.1) is 5.92 Å². The zero-order valence-corrected chi connectivity index (χ0v) is 15.2. The van der Waals surface area contributed by atoms with Crippen molar-refractivity contribution in [2.75, 3.05) is 32.7 Å². The van der Waals surface area contributed by atoms with Crippen molar-refractivity contribution in [3.8, 4) is 0 Å². The molecule has 12 heteroatoms. The van der Waals surface area contributed by atoms with Gasteiger partial charge in [0.2, 0.25) is 0 Å². The lowest BCUT2D eigenvalue weighted by molar-refractivity contribution is -0.144. The molecule has 0 amide bonds. The minimum Gasteiger partial charge on any atom is -0.480 e. The number of likely N-dealkylation sites (N-methyl/N-ethyl adjacent to an activating group) is 1. The Morgan fingerprint density at radius 1 is 1.44 bits per heavy atom. The zero-order chi connectivity index (χ0) is 18.8. The number of nitrogens with zero attached hydrogens (tertiary/aromatic N) is 2. The molecular formula is C13H27BN4O6S. The van der Waals surface area contributed by atoms with Crippen LogP contribution in [0.5, 0.6) is 0 Å². The van der Waals surface area contributed by atoms with E-state index in [1.807, 2.05) is 0 Å². The molecule has 0 spiro atoms. The maximum atomic E-state index is 12.9. The molecule has 144 valence electrons. The summed E-state index contributed by atoms with van der Waals surface area (Å²) in [6, 6.07) is -0.129. The maximum absolute atomic E-state index is 12.9. The smallest absolute Gasteiger partial charge is 0.451 e. The number of carboxylic acid groups (broad SMARTS) is 1. The fourth-order valence-electron chi connectivity index (χ4n) is 3.44. The summed E-state index contributed by atoms with van der Waals surface area (Å²) in [6.07, 6.45) is 0.754. The van der Waals surface area contributed by atoms with Crippen LogP contribution in [0.1, 0.15) is 19.8 Å². The summed E-state index contributed by atoms with van der Waals surface area (Å²) in [5.74, 6) is -1.83. The van der Waals surface area contributed by atoms with Crippen LogP contribution in [0.4, 0.5) is 0 Å². The van der Waals surface area contributed by atoms with Crippen LogP contribution in [0.15, 0.2) is 0 Å². The molecule has 2 atom stereocenters.